The first kappa shape index (κ1) is 18.5. The second-order valence-corrected chi connectivity index (χ2v) is 7.52. The molecule has 1 aliphatic carbocycles. The molecule has 2 aromatic rings. The monoisotopic (exact) mass is 370 g/mol. The highest BCUT2D eigenvalue weighted by Crippen LogP contribution is 2.30. The highest BCUT2D eigenvalue weighted by Gasteiger charge is 2.29. The third-order valence-electron chi connectivity index (χ3n) is 4.55. The van der Waals surface area contributed by atoms with Crippen LogP contribution in [0.4, 0.5) is 5.69 Å². The van der Waals surface area contributed by atoms with E-state index in [1.807, 2.05) is 24.3 Å². The number of amides is 2. The van der Waals surface area contributed by atoms with E-state index in [0.717, 1.165) is 24.1 Å². The molecule has 1 unspecified atom stereocenters. The Hall–Kier alpha value is -2.33. The summed E-state index contributed by atoms with van der Waals surface area (Å²) < 4.78 is 0. The number of carbonyl (C=O) groups is 2. The summed E-state index contributed by atoms with van der Waals surface area (Å²) >= 11 is 5.95. The van der Waals surface area contributed by atoms with Crippen LogP contribution in [0.5, 0.6) is 0 Å². The van der Waals surface area contributed by atoms with Gasteiger partial charge < -0.3 is 10.6 Å². The number of nitrogens with one attached hydrogen (secondary N) is 2. The predicted octanol–water partition coefficient (Wildman–Crippen LogP) is 4.82. The van der Waals surface area contributed by atoms with Crippen molar-refractivity contribution in [2.75, 3.05) is 5.32 Å². The van der Waals surface area contributed by atoms with Gasteiger partial charge in [-0.25, -0.2) is 0 Å². The molecule has 0 radical (unpaired) electrons. The second kappa shape index (κ2) is 7.92. The first-order chi connectivity index (χ1) is 12.4. The normalized spacial score (nSPS) is 14.8. The molecule has 3 rings (SSSR count). The summed E-state index contributed by atoms with van der Waals surface area (Å²) in [4.78, 5) is 24.4. The van der Waals surface area contributed by atoms with Crippen molar-refractivity contribution < 1.29 is 9.59 Å². The number of halogens is 1. The van der Waals surface area contributed by atoms with Crippen LogP contribution in [0.2, 0.25) is 5.02 Å². The molecule has 0 aromatic heterocycles. The molecule has 0 spiro atoms. The molecule has 1 aliphatic rings. The first-order valence-electron chi connectivity index (χ1n) is 8.91. The van der Waals surface area contributed by atoms with Crippen LogP contribution in [0, 0.1) is 11.8 Å². The van der Waals surface area contributed by atoms with Crippen molar-refractivity contribution in [2.45, 2.75) is 32.7 Å². The molecule has 0 saturated heterocycles. The van der Waals surface area contributed by atoms with Gasteiger partial charge in [-0.05, 0) is 60.7 Å². The largest absolute Gasteiger partial charge is 0.345 e. The van der Waals surface area contributed by atoms with Crippen LogP contribution < -0.4 is 10.6 Å². The summed E-state index contributed by atoms with van der Waals surface area (Å²) in [5.74, 6) is 0.310. The van der Waals surface area contributed by atoms with Crippen molar-refractivity contribution in [3.05, 3.63) is 64.7 Å². The molecular formula is C21H23ClN2O2. The Bertz CT molecular complexity index is 781. The number of carbonyl (C=O) groups excluding carboxylic acids is 2. The molecule has 4 nitrogen and oxygen atoms in total. The van der Waals surface area contributed by atoms with Crippen LogP contribution in [-0.2, 0) is 4.79 Å². The fraction of sp³-hybridized carbons (Fsp3) is 0.333. The number of benzene rings is 2. The Morgan fingerprint density at radius 2 is 1.62 bits per heavy atom. The quantitative estimate of drug-likeness (QED) is 0.766. The van der Waals surface area contributed by atoms with E-state index in [1.54, 1.807) is 24.3 Å². The fourth-order valence-corrected chi connectivity index (χ4v) is 2.95. The predicted molar refractivity (Wildman–Crippen MR) is 104 cm³/mol. The van der Waals surface area contributed by atoms with Crippen molar-refractivity contribution in [2.24, 2.45) is 11.8 Å². The average Bonchev–Trinajstić information content (AvgIpc) is 3.46. The Morgan fingerprint density at radius 3 is 2.15 bits per heavy atom. The zero-order valence-corrected chi connectivity index (χ0v) is 15.7. The minimum Gasteiger partial charge on any atom is -0.345 e. The molecule has 2 N–H and O–H groups in total. The van der Waals surface area contributed by atoms with Crippen molar-refractivity contribution in [1.29, 1.82) is 0 Å². The van der Waals surface area contributed by atoms with Gasteiger partial charge in [0.25, 0.3) is 5.91 Å². The van der Waals surface area contributed by atoms with Gasteiger partial charge >= 0.3 is 0 Å². The van der Waals surface area contributed by atoms with Gasteiger partial charge in [-0.1, -0.05) is 37.6 Å². The van der Waals surface area contributed by atoms with Crippen LogP contribution in [0.15, 0.2) is 48.5 Å². The van der Waals surface area contributed by atoms with Crippen LogP contribution >= 0.6 is 11.6 Å². The smallest absolute Gasteiger partial charge is 0.251 e. The van der Waals surface area contributed by atoms with E-state index in [2.05, 4.69) is 24.5 Å². The van der Waals surface area contributed by atoms with Gasteiger partial charge in [0.2, 0.25) is 5.91 Å². The van der Waals surface area contributed by atoms with E-state index in [4.69, 9.17) is 11.6 Å². The van der Waals surface area contributed by atoms with Gasteiger partial charge in [0, 0.05) is 22.2 Å². The Balaban J connectivity index is 1.67. The van der Waals surface area contributed by atoms with Gasteiger partial charge in [0.05, 0.1) is 6.04 Å². The lowest BCUT2D eigenvalue weighted by atomic mass is 9.95. The lowest BCUT2D eigenvalue weighted by Crippen LogP contribution is -2.31. The Kier molecular flexibility index (Phi) is 5.62. The third-order valence-corrected chi connectivity index (χ3v) is 4.80. The highest BCUT2D eigenvalue weighted by atomic mass is 35.5. The summed E-state index contributed by atoms with van der Waals surface area (Å²) in [5.41, 5.74) is 2.30. The zero-order valence-electron chi connectivity index (χ0n) is 15.0. The topological polar surface area (TPSA) is 58.2 Å². The molecule has 136 valence electrons. The summed E-state index contributed by atoms with van der Waals surface area (Å²) in [5, 5.41) is 6.64. The molecule has 0 aliphatic heterocycles. The lowest BCUT2D eigenvalue weighted by Gasteiger charge is -2.23. The van der Waals surface area contributed by atoms with Gasteiger partial charge in [0.1, 0.15) is 0 Å². The molecule has 2 aromatic carbocycles. The number of hydrogen-bond donors (Lipinski definition) is 2. The lowest BCUT2D eigenvalue weighted by molar-refractivity contribution is -0.117. The van der Waals surface area contributed by atoms with Gasteiger partial charge in [-0.3, -0.25) is 9.59 Å². The molecule has 2 amide bonds. The molecule has 1 atom stereocenters. The minimum absolute atomic E-state index is 0.0600. The molecule has 1 fully saturated rings. The third kappa shape index (κ3) is 4.64. The second-order valence-electron chi connectivity index (χ2n) is 7.09. The maximum Gasteiger partial charge on any atom is 0.251 e. The summed E-state index contributed by atoms with van der Waals surface area (Å²) in [6.07, 6.45) is 1.93. The Morgan fingerprint density at radius 1 is 1.00 bits per heavy atom. The molecule has 0 heterocycles. The molecule has 1 saturated carbocycles. The molecule has 5 heteroatoms. The van der Waals surface area contributed by atoms with Crippen molar-refractivity contribution >= 4 is 29.1 Å². The fourth-order valence-electron chi connectivity index (χ4n) is 2.82. The van der Waals surface area contributed by atoms with E-state index < -0.39 is 0 Å². The standard InChI is InChI=1S/C21H23ClN2O2/c1-13(2)19(14-5-9-17(22)10-6-14)24-21(26)16-7-11-18(12-8-16)23-20(25)15-3-4-15/h5-13,15,19H,3-4H2,1-2H3,(H,23,25)(H,24,26). The number of anilines is 1. The van der Waals surface area contributed by atoms with E-state index in [-0.39, 0.29) is 29.7 Å². The van der Waals surface area contributed by atoms with Crippen LogP contribution in [0.25, 0.3) is 0 Å². The molecule has 0 bridgehead atoms. The number of rotatable bonds is 6. The molecule has 26 heavy (non-hydrogen) atoms. The SMILES string of the molecule is CC(C)C(NC(=O)c1ccc(NC(=O)C2CC2)cc1)c1ccc(Cl)cc1. The van der Waals surface area contributed by atoms with E-state index in [0.29, 0.717) is 10.6 Å². The van der Waals surface area contributed by atoms with Gasteiger partial charge in [-0.15, -0.1) is 0 Å². The maximum absolute atomic E-state index is 12.6. The van der Waals surface area contributed by atoms with Gasteiger partial charge in [-0.2, -0.15) is 0 Å². The van der Waals surface area contributed by atoms with Gasteiger partial charge in [0.15, 0.2) is 0 Å². The first-order valence-corrected chi connectivity index (χ1v) is 9.29. The maximum atomic E-state index is 12.6. The van der Waals surface area contributed by atoms with E-state index in [1.165, 1.54) is 0 Å². The van der Waals surface area contributed by atoms with E-state index in [9.17, 15) is 9.59 Å². The zero-order chi connectivity index (χ0) is 18.7. The van der Waals surface area contributed by atoms with Crippen LogP contribution in [0.1, 0.15) is 48.7 Å². The Labute approximate surface area is 158 Å². The highest BCUT2D eigenvalue weighted by molar-refractivity contribution is 6.30. The van der Waals surface area contributed by atoms with E-state index >= 15 is 0 Å². The van der Waals surface area contributed by atoms with Crippen molar-refractivity contribution in [3.63, 3.8) is 0 Å². The summed E-state index contributed by atoms with van der Waals surface area (Å²) in [7, 11) is 0. The average molecular weight is 371 g/mol. The van der Waals surface area contributed by atoms with Crippen molar-refractivity contribution in [3.8, 4) is 0 Å². The minimum atomic E-state index is -0.140. The van der Waals surface area contributed by atoms with Crippen molar-refractivity contribution in [1.82, 2.24) is 5.32 Å². The molecular weight excluding hydrogens is 348 g/mol. The summed E-state index contributed by atoms with van der Waals surface area (Å²) in [6.45, 7) is 4.13. The van der Waals surface area contributed by atoms with Crippen LogP contribution in [-0.4, -0.2) is 11.8 Å². The summed E-state index contributed by atoms with van der Waals surface area (Å²) in [6, 6.07) is 14.4. The number of hydrogen-bond acceptors (Lipinski definition) is 2. The van der Waals surface area contributed by atoms with Crippen LogP contribution in [0.3, 0.4) is 0 Å².